The first kappa shape index (κ1) is 21.4. The van der Waals surface area contributed by atoms with Crippen LogP contribution in [0.4, 0.5) is 5.82 Å². The minimum Gasteiger partial charge on any atom is -0.484 e. The van der Waals surface area contributed by atoms with Gasteiger partial charge in [-0.2, -0.15) is 0 Å². The minimum absolute atomic E-state index is 0.0792. The van der Waals surface area contributed by atoms with Crippen LogP contribution in [0.2, 0.25) is 0 Å². The number of rotatable bonds is 11. The fourth-order valence-electron chi connectivity index (χ4n) is 2.63. The highest BCUT2D eigenvalue weighted by molar-refractivity contribution is 5.94. The summed E-state index contributed by atoms with van der Waals surface area (Å²) in [5.74, 6) is 0.964. The molecule has 1 N–H and O–H groups in total. The van der Waals surface area contributed by atoms with Crippen LogP contribution in [0.5, 0.6) is 5.75 Å². The maximum absolute atomic E-state index is 12.7. The Morgan fingerprint density at radius 1 is 1.14 bits per heavy atom. The van der Waals surface area contributed by atoms with Gasteiger partial charge >= 0.3 is 0 Å². The monoisotopic (exact) mass is 388 g/mol. The van der Waals surface area contributed by atoms with E-state index in [2.05, 4.69) is 29.2 Å². The number of nitrogens with one attached hydrogen (secondary N) is 1. The minimum atomic E-state index is -0.332. The molecule has 1 aromatic heterocycles. The van der Waals surface area contributed by atoms with Crippen molar-refractivity contribution in [3.8, 4) is 5.75 Å². The number of nitrogens with zero attached hydrogens (tertiary/aromatic N) is 3. The fourth-order valence-corrected chi connectivity index (χ4v) is 2.63. The Kier molecular flexibility index (Phi) is 8.48. The maximum atomic E-state index is 12.7. The third-order valence-electron chi connectivity index (χ3n) is 4.27. The van der Waals surface area contributed by atoms with E-state index in [0.717, 1.165) is 13.1 Å². The molecule has 0 saturated heterocycles. The fraction of sp³-hybridized carbons (Fsp3) is 0.450. The third-order valence-corrected chi connectivity index (χ3v) is 4.27. The third kappa shape index (κ3) is 7.03. The molecule has 0 atom stereocenters. The molecule has 0 saturated carbocycles. The zero-order valence-electron chi connectivity index (χ0n) is 16.7. The number of aromatic nitrogens is 1. The highest BCUT2D eigenvalue weighted by Crippen LogP contribution is 2.09. The zero-order chi connectivity index (χ0) is 20.4. The zero-order valence-corrected chi connectivity index (χ0v) is 16.7. The number of carbonyl (C=O) groups excluding carboxylic acids is 2. The SMILES string of the molecule is CCN(CC)CCN(CC(=O)Nc1cc(C)on1)C(=O)COc1ccccc1. The van der Waals surface area contributed by atoms with E-state index in [1.807, 2.05) is 18.2 Å². The average Bonchev–Trinajstić information content (AvgIpc) is 3.11. The number of benzene rings is 1. The number of hydrogen-bond donors (Lipinski definition) is 1. The quantitative estimate of drug-likeness (QED) is 0.635. The van der Waals surface area contributed by atoms with Crippen LogP contribution in [0, 0.1) is 6.92 Å². The summed E-state index contributed by atoms with van der Waals surface area (Å²) in [6, 6.07) is 10.7. The van der Waals surface area contributed by atoms with Gasteiger partial charge in [0.1, 0.15) is 18.1 Å². The Bertz CT molecular complexity index is 744. The Balaban J connectivity index is 1.96. The van der Waals surface area contributed by atoms with Crippen LogP contribution in [0.3, 0.4) is 0 Å². The molecule has 0 fully saturated rings. The van der Waals surface area contributed by atoms with Crippen LogP contribution >= 0.6 is 0 Å². The second kappa shape index (κ2) is 11.1. The lowest BCUT2D eigenvalue weighted by Crippen LogP contribution is -2.44. The lowest BCUT2D eigenvalue weighted by molar-refractivity contribution is -0.136. The van der Waals surface area contributed by atoms with Crippen molar-refractivity contribution in [3.63, 3.8) is 0 Å². The van der Waals surface area contributed by atoms with Crippen molar-refractivity contribution in [2.45, 2.75) is 20.8 Å². The highest BCUT2D eigenvalue weighted by Gasteiger charge is 2.19. The van der Waals surface area contributed by atoms with E-state index >= 15 is 0 Å². The van der Waals surface area contributed by atoms with Gasteiger partial charge in [-0.05, 0) is 32.1 Å². The molecule has 0 bridgehead atoms. The van der Waals surface area contributed by atoms with E-state index in [1.165, 1.54) is 4.90 Å². The summed E-state index contributed by atoms with van der Waals surface area (Å²) < 4.78 is 10.5. The summed E-state index contributed by atoms with van der Waals surface area (Å²) in [7, 11) is 0. The molecule has 8 heteroatoms. The van der Waals surface area contributed by atoms with Gasteiger partial charge < -0.3 is 24.4 Å². The summed E-state index contributed by atoms with van der Waals surface area (Å²) >= 11 is 0. The van der Waals surface area contributed by atoms with Gasteiger partial charge in [-0.25, -0.2) is 0 Å². The highest BCUT2D eigenvalue weighted by atomic mass is 16.5. The molecule has 0 aliphatic heterocycles. The standard InChI is InChI=1S/C20H28N4O4/c1-4-23(5-2)11-12-24(14-19(25)21-18-13-16(3)28-22-18)20(26)15-27-17-9-7-6-8-10-17/h6-10,13H,4-5,11-12,14-15H2,1-3H3,(H,21,22,25). The second-order valence-corrected chi connectivity index (χ2v) is 6.31. The smallest absolute Gasteiger partial charge is 0.261 e. The van der Waals surface area contributed by atoms with Gasteiger partial charge in [-0.3, -0.25) is 9.59 Å². The number of ether oxygens (including phenoxy) is 1. The number of anilines is 1. The molecule has 2 rings (SSSR count). The van der Waals surface area contributed by atoms with Crippen molar-refractivity contribution in [3.05, 3.63) is 42.2 Å². The number of para-hydroxylation sites is 1. The van der Waals surface area contributed by atoms with Crippen molar-refractivity contribution in [1.82, 2.24) is 15.0 Å². The van der Waals surface area contributed by atoms with E-state index in [-0.39, 0.29) is 25.0 Å². The first-order valence-electron chi connectivity index (χ1n) is 9.43. The van der Waals surface area contributed by atoms with Gasteiger partial charge in [-0.1, -0.05) is 37.2 Å². The molecule has 0 unspecified atom stereocenters. The molecule has 0 radical (unpaired) electrons. The summed E-state index contributed by atoms with van der Waals surface area (Å²) in [4.78, 5) is 28.7. The van der Waals surface area contributed by atoms with Crippen LogP contribution in [-0.4, -0.2) is 66.1 Å². The van der Waals surface area contributed by atoms with Gasteiger partial charge in [0.05, 0.1) is 0 Å². The van der Waals surface area contributed by atoms with Gasteiger partial charge in [-0.15, -0.1) is 0 Å². The molecule has 2 aromatic rings. The van der Waals surface area contributed by atoms with E-state index < -0.39 is 0 Å². The molecular weight excluding hydrogens is 360 g/mol. The van der Waals surface area contributed by atoms with Crippen LogP contribution in [-0.2, 0) is 9.59 Å². The van der Waals surface area contributed by atoms with E-state index in [4.69, 9.17) is 9.26 Å². The van der Waals surface area contributed by atoms with Gasteiger partial charge in [0, 0.05) is 19.2 Å². The lowest BCUT2D eigenvalue weighted by atomic mass is 10.3. The van der Waals surface area contributed by atoms with Crippen LogP contribution in [0.25, 0.3) is 0 Å². The predicted molar refractivity (Wildman–Crippen MR) is 106 cm³/mol. The summed E-state index contributed by atoms with van der Waals surface area (Å²) in [6.45, 7) is 8.53. The number of hydrogen-bond acceptors (Lipinski definition) is 6. The molecule has 152 valence electrons. The van der Waals surface area contributed by atoms with Crippen molar-refractivity contribution in [2.75, 3.05) is 44.6 Å². The van der Waals surface area contributed by atoms with E-state index in [1.54, 1.807) is 25.1 Å². The number of amides is 2. The predicted octanol–water partition coefficient (Wildman–Crippen LogP) is 2.17. The van der Waals surface area contributed by atoms with Gasteiger partial charge in [0.2, 0.25) is 5.91 Å². The normalized spacial score (nSPS) is 10.7. The molecule has 0 aliphatic rings. The molecule has 0 aliphatic carbocycles. The number of carbonyl (C=O) groups is 2. The van der Waals surface area contributed by atoms with Crippen molar-refractivity contribution in [2.24, 2.45) is 0 Å². The molecule has 0 spiro atoms. The van der Waals surface area contributed by atoms with Crippen molar-refractivity contribution >= 4 is 17.6 Å². The Morgan fingerprint density at radius 2 is 1.86 bits per heavy atom. The summed E-state index contributed by atoms with van der Waals surface area (Å²) in [6.07, 6.45) is 0. The van der Waals surface area contributed by atoms with Crippen LogP contribution in [0.15, 0.2) is 40.9 Å². The summed E-state index contributed by atoms with van der Waals surface area (Å²) in [5, 5.41) is 6.39. The molecule has 2 amide bonds. The first-order valence-corrected chi connectivity index (χ1v) is 9.43. The van der Waals surface area contributed by atoms with E-state index in [9.17, 15) is 9.59 Å². The van der Waals surface area contributed by atoms with Crippen LogP contribution < -0.4 is 10.1 Å². The van der Waals surface area contributed by atoms with Crippen LogP contribution in [0.1, 0.15) is 19.6 Å². The molecule has 28 heavy (non-hydrogen) atoms. The topological polar surface area (TPSA) is 87.9 Å². The van der Waals surface area contributed by atoms with Crippen molar-refractivity contribution < 1.29 is 18.8 Å². The van der Waals surface area contributed by atoms with Gasteiger partial charge in [0.25, 0.3) is 5.91 Å². The van der Waals surface area contributed by atoms with Gasteiger partial charge in [0.15, 0.2) is 12.4 Å². The lowest BCUT2D eigenvalue weighted by Gasteiger charge is -2.26. The Labute approximate surface area is 165 Å². The van der Waals surface area contributed by atoms with E-state index in [0.29, 0.717) is 30.4 Å². The molecule has 8 nitrogen and oxygen atoms in total. The van der Waals surface area contributed by atoms with Crippen molar-refractivity contribution in [1.29, 1.82) is 0 Å². The first-order chi connectivity index (χ1) is 13.5. The Hall–Kier alpha value is -2.87. The molecule has 1 aromatic carbocycles. The maximum Gasteiger partial charge on any atom is 0.261 e. The number of aryl methyl sites for hydroxylation is 1. The molecular formula is C20H28N4O4. The second-order valence-electron chi connectivity index (χ2n) is 6.31. The molecule has 1 heterocycles. The average molecular weight is 388 g/mol. The largest absolute Gasteiger partial charge is 0.484 e. The Morgan fingerprint density at radius 3 is 2.46 bits per heavy atom. The number of likely N-dealkylation sites (N-methyl/N-ethyl adjacent to an activating group) is 1. The summed E-state index contributed by atoms with van der Waals surface area (Å²) in [5.41, 5.74) is 0.